The van der Waals surface area contributed by atoms with Gasteiger partial charge in [-0.1, -0.05) is 26.0 Å². The molecule has 0 spiro atoms. The van der Waals surface area contributed by atoms with Crippen molar-refractivity contribution in [1.82, 2.24) is 10.2 Å². The fourth-order valence-corrected chi connectivity index (χ4v) is 2.93. The Morgan fingerprint density at radius 2 is 1.93 bits per heavy atom. The largest absolute Gasteiger partial charge is 0.451 e. The minimum atomic E-state index is -1.07. The number of anilines is 1. The molecule has 0 bridgehead atoms. The van der Waals surface area contributed by atoms with Gasteiger partial charge in [-0.25, -0.2) is 4.79 Å². The molecular weight excluding hydrogens is 350 g/mol. The molecule has 27 heavy (non-hydrogen) atoms. The number of hydrogen-bond donors (Lipinski definition) is 2. The van der Waals surface area contributed by atoms with Gasteiger partial charge in [-0.15, -0.1) is 0 Å². The molecule has 1 aromatic carbocycles. The zero-order valence-electron chi connectivity index (χ0n) is 16.0. The zero-order chi connectivity index (χ0) is 20.2. The molecule has 1 aromatic rings. The van der Waals surface area contributed by atoms with Crippen molar-refractivity contribution < 1.29 is 23.9 Å². The molecule has 2 N–H and O–H groups in total. The Balaban J connectivity index is 1.94. The summed E-state index contributed by atoms with van der Waals surface area (Å²) in [6.45, 7) is 6.37. The van der Waals surface area contributed by atoms with Crippen LogP contribution in [0.2, 0.25) is 0 Å². The van der Waals surface area contributed by atoms with Gasteiger partial charge in [-0.2, -0.15) is 0 Å². The summed E-state index contributed by atoms with van der Waals surface area (Å²) in [6.07, 6.45) is -0.218. The summed E-state index contributed by atoms with van der Waals surface area (Å²) in [4.78, 5) is 49.7. The summed E-state index contributed by atoms with van der Waals surface area (Å²) in [7, 11) is 0. The second-order valence-electron chi connectivity index (χ2n) is 6.60. The third kappa shape index (κ3) is 4.45. The number of ether oxygens (including phenoxy) is 1. The number of urea groups is 1. The van der Waals surface area contributed by atoms with Gasteiger partial charge in [0.1, 0.15) is 12.1 Å². The Labute approximate surface area is 158 Å². The van der Waals surface area contributed by atoms with Gasteiger partial charge in [0.25, 0.3) is 11.8 Å². The van der Waals surface area contributed by atoms with Crippen molar-refractivity contribution in [3.8, 4) is 0 Å². The first-order valence-electron chi connectivity index (χ1n) is 8.93. The van der Waals surface area contributed by atoms with Gasteiger partial charge in [-0.3, -0.25) is 19.3 Å². The molecule has 1 aliphatic rings. The third-order valence-corrected chi connectivity index (χ3v) is 4.70. The average Bonchev–Trinajstić information content (AvgIpc) is 2.86. The maximum atomic E-state index is 12.5. The van der Waals surface area contributed by atoms with Crippen LogP contribution >= 0.6 is 0 Å². The van der Waals surface area contributed by atoms with Crippen LogP contribution < -0.4 is 10.6 Å². The van der Waals surface area contributed by atoms with Crippen molar-refractivity contribution in [2.45, 2.75) is 52.2 Å². The monoisotopic (exact) mass is 375 g/mol. The highest BCUT2D eigenvalue weighted by atomic mass is 16.5. The lowest BCUT2D eigenvalue weighted by Crippen LogP contribution is -2.46. The number of aryl methyl sites for hydroxylation is 1. The second-order valence-corrected chi connectivity index (χ2v) is 6.60. The average molecular weight is 375 g/mol. The van der Waals surface area contributed by atoms with Gasteiger partial charge in [0.05, 0.1) is 0 Å². The minimum absolute atomic E-state index is 0.426. The van der Waals surface area contributed by atoms with Crippen molar-refractivity contribution in [2.24, 2.45) is 0 Å². The van der Waals surface area contributed by atoms with E-state index in [1.54, 1.807) is 32.0 Å². The number of imide groups is 1. The van der Waals surface area contributed by atoms with Crippen LogP contribution in [-0.2, 0) is 19.1 Å². The maximum Gasteiger partial charge on any atom is 0.327 e. The fourth-order valence-electron chi connectivity index (χ4n) is 2.93. The van der Waals surface area contributed by atoms with Gasteiger partial charge >= 0.3 is 12.0 Å². The molecule has 1 heterocycles. The summed E-state index contributed by atoms with van der Waals surface area (Å²) >= 11 is 0. The standard InChI is InChI=1S/C19H25N3O5/c1-5-19(6-2)17(25)22(18(26)21-19)11-15(23)27-13(4)16(24)20-14-9-7-8-12(3)10-14/h7-10,13H,5-6,11H2,1-4H3,(H,20,24)(H,21,26). The lowest BCUT2D eigenvalue weighted by atomic mass is 9.93. The van der Waals surface area contributed by atoms with Crippen LogP contribution in [0.1, 0.15) is 39.2 Å². The van der Waals surface area contributed by atoms with E-state index in [4.69, 9.17) is 4.74 Å². The highest BCUT2D eigenvalue weighted by Gasteiger charge is 2.49. The zero-order valence-corrected chi connectivity index (χ0v) is 16.0. The van der Waals surface area contributed by atoms with E-state index in [0.717, 1.165) is 10.5 Å². The van der Waals surface area contributed by atoms with Gasteiger partial charge < -0.3 is 15.4 Å². The highest BCUT2D eigenvalue weighted by molar-refractivity contribution is 6.08. The molecule has 0 aromatic heterocycles. The van der Waals surface area contributed by atoms with Crippen LogP contribution in [0.3, 0.4) is 0 Å². The molecule has 8 heteroatoms. The van der Waals surface area contributed by atoms with Crippen LogP contribution in [0.25, 0.3) is 0 Å². The lowest BCUT2D eigenvalue weighted by Gasteiger charge is -2.23. The van der Waals surface area contributed by atoms with Crippen molar-refractivity contribution >= 4 is 29.5 Å². The van der Waals surface area contributed by atoms with Crippen LogP contribution in [-0.4, -0.2) is 46.9 Å². The van der Waals surface area contributed by atoms with Crippen LogP contribution in [0.5, 0.6) is 0 Å². The van der Waals surface area contributed by atoms with Gasteiger partial charge in [0.15, 0.2) is 6.10 Å². The summed E-state index contributed by atoms with van der Waals surface area (Å²) < 4.78 is 5.08. The topological polar surface area (TPSA) is 105 Å². The fraction of sp³-hybridized carbons (Fsp3) is 0.474. The Hall–Kier alpha value is -2.90. The highest BCUT2D eigenvalue weighted by Crippen LogP contribution is 2.24. The van der Waals surface area contributed by atoms with E-state index in [2.05, 4.69) is 10.6 Å². The minimum Gasteiger partial charge on any atom is -0.451 e. The SMILES string of the molecule is CCC1(CC)NC(=O)N(CC(=O)OC(C)C(=O)Nc2cccc(C)c2)C1=O. The van der Waals surface area contributed by atoms with Crippen molar-refractivity contribution in [3.63, 3.8) is 0 Å². The normalized spacial score (nSPS) is 16.7. The van der Waals surface area contributed by atoms with Crippen molar-refractivity contribution in [3.05, 3.63) is 29.8 Å². The molecule has 1 saturated heterocycles. The van der Waals surface area contributed by atoms with Crippen LogP contribution in [0, 0.1) is 6.92 Å². The van der Waals surface area contributed by atoms with Crippen molar-refractivity contribution in [1.29, 1.82) is 0 Å². The van der Waals surface area contributed by atoms with E-state index in [1.165, 1.54) is 6.92 Å². The number of nitrogens with zero attached hydrogens (tertiary/aromatic N) is 1. The number of amides is 4. The maximum absolute atomic E-state index is 12.5. The van der Waals surface area contributed by atoms with E-state index in [1.807, 2.05) is 13.0 Å². The molecule has 1 atom stereocenters. The smallest absolute Gasteiger partial charge is 0.327 e. The molecule has 1 unspecified atom stereocenters. The molecule has 0 aliphatic carbocycles. The van der Waals surface area contributed by atoms with Crippen LogP contribution in [0.15, 0.2) is 24.3 Å². The lowest BCUT2D eigenvalue weighted by molar-refractivity contribution is -0.155. The summed E-state index contributed by atoms with van der Waals surface area (Å²) in [5.74, 6) is -1.78. The third-order valence-electron chi connectivity index (χ3n) is 4.70. The predicted molar refractivity (Wildman–Crippen MR) is 98.9 cm³/mol. The first kappa shape index (κ1) is 20.4. The summed E-state index contributed by atoms with van der Waals surface area (Å²) in [5, 5.41) is 5.29. The Bertz CT molecular complexity index is 757. The number of rotatable bonds is 7. The number of esters is 1. The van der Waals surface area contributed by atoms with Gasteiger partial charge in [-0.05, 0) is 44.4 Å². The van der Waals surface area contributed by atoms with E-state index < -0.39 is 42.0 Å². The molecule has 4 amide bonds. The molecule has 0 saturated carbocycles. The molecule has 2 rings (SSSR count). The Morgan fingerprint density at radius 1 is 1.26 bits per heavy atom. The number of benzene rings is 1. The molecule has 8 nitrogen and oxygen atoms in total. The van der Waals surface area contributed by atoms with Crippen molar-refractivity contribution in [2.75, 3.05) is 11.9 Å². The molecule has 0 radical (unpaired) electrons. The van der Waals surface area contributed by atoms with Gasteiger partial charge in [0.2, 0.25) is 0 Å². The second kappa shape index (κ2) is 8.20. The van der Waals surface area contributed by atoms with E-state index >= 15 is 0 Å². The van der Waals surface area contributed by atoms with Gasteiger partial charge in [0, 0.05) is 5.69 Å². The molecule has 146 valence electrons. The molecular formula is C19H25N3O5. The number of hydrogen-bond acceptors (Lipinski definition) is 5. The van der Waals surface area contributed by atoms with E-state index in [0.29, 0.717) is 18.5 Å². The quantitative estimate of drug-likeness (QED) is 0.560. The first-order chi connectivity index (χ1) is 12.7. The van der Waals surface area contributed by atoms with Crippen LogP contribution in [0.4, 0.5) is 10.5 Å². The number of nitrogens with one attached hydrogen (secondary N) is 2. The summed E-state index contributed by atoms with van der Waals surface area (Å²) in [5.41, 5.74) is 0.588. The Morgan fingerprint density at radius 3 is 2.48 bits per heavy atom. The molecule has 1 fully saturated rings. The number of carbonyl (C=O) groups is 4. The predicted octanol–water partition coefficient (Wildman–Crippen LogP) is 1.98. The number of carbonyl (C=O) groups excluding carboxylic acids is 4. The van der Waals surface area contributed by atoms with E-state index in [9.17, 15) is 19.2 Å². The van der Waals surface area contributed by atoms with E-state index in [-0.39, 0.29) is 0 Å². The first-order valence-corrected chi connectivity index (χ1v) is 8.93. The Kier molecular flexibility index (Phi) is 6.20. The summed E-state index contributed by atoms with van der Waals surface area (Å²) in [6, 6.07) is 6.57. The molecule has 1 aliphatic heterocycles.